The van der Waals surface area contributed by atoms with Crippen LogP contribution in [0.1, 0.15) is 12.6 Å². The lowest BCUT2D eigenvalue weighted by Gasteiger charge is -2.17. The van der Waals surface area contributed by atoms with Crippen molar-refractivity contribution in [2.75, 3.05) is 0 Å². The number of fused-ring (bicyclic) bond motifs is 1. The molecule has 0 bridgehead atoms. The van der Waals surface area contributed by atoms with Crippen LogP contribution in [0.5, 0.6) is 0 Å². The fraction of sp³-hybridized carbons (Fsp3) is 0.211. The van der Waals surface area contributed by atoms with Gasteiger partial charge in [0.1, 0.15) is 5.52 Å². The first-order valence-electron chi connectivity index (χ1n) is 9.24. The van der Waals surface area contributed by atoms with Crippen molar-refractivity contribution in [2.24, 2.45) is 0 Å². The van der Waals surface area contributed by atoms with Crippen molar-refractivity contribution in [3.8, 4) is 0 Å². The molecule has 3 aromatic heterocycles. The summed E-state index contributed by atoms with van der Waals surface area (Å²) in [5.41, 5.74) is 1.14. The molecule has 9 nitrogen and oxygen atoms in total. The third-order valence-electron chi connectivity index (χ3n) is 4.75. The van der Waals surface area contributed by atoms with E-state index < -0.39 is 10.0 Å². The van der Waals surface area contributed by atoms with Crippen LogP contribution in [0.2, 0.25) is 0 Å². The molecule has 0 saturated heterocycles. The number of aromatic nitrogens is 5. The van der Waals surface area contributed by atoms with Crippen LogP contribution < -0.4 is 10.9 Å². The molecule has 4 aromatic rings. The van der Waals surface area contributed by atoms with Crippen molar-refractivity contribution >= 4 is 33.4 Å². The van der Waals surface area contributed by atoms with Gasteiger partial charge in [-0.15, -0.1) is 0 Å². The first-order chi connectivity index (χ1) is 14.4. The third-order valence-corrected chi connectivity index (χ3v) is 6.81. The number of benzene rings is 1. The highest BCUT2D eigenvalue weighted by atomic mass is 32.2. The fourth-order valence-corrected chi connectivity index (χ4v) is 4.89. The molecule has 1 aromatic carbocycles. The number of hydrogen-bond donors (Lipinski definition) is 3. The number of H-pyrrole nitrogens is 2. The van der Waals surface area contributed by atoms with Crippen LogP contribution in [0.25, 0.3) is 11.2 Å². The number of rotatable bonds is 7. The monoisotopic (exact) mass is 444 g/mol. The largest absolute Gasteiger partial charge is 0.339 e. The Bertz CT molecular complexity index is 1400. The minimum Gasteiger partial charge on any atom is -0.339 e. The topological polar surface area (TPSA) is 118 Å². The molecule has 3 N–H and O–H groups in total. The zero-order valence-electron chi connectivity index (χ0n) is 16.1. The number of hydrogen-bond acceptors (Lipinski definition) is 6. The summed E-state index contributed by atoms with van der Waals surface area (Å²) in [6.45, 7) is 2.73. The van der Waals surface area contributed by atoms with Gasteiger partial charge >= 0.3 is 0 Å². The Morgan fingerprint density at radius 3 is 2.73 bits per heavy atom. The van der Waals surface area contributed by atoms with Crippen LogP contribution in [-0.2, 0) is 23.1 Å². The summed E-state index contributed by atoms with van der Waals surface area (Å²) in [4.78, 5) is 21.8. The van der Waals surface area contributed by atoms with Crippen molar-refractivity contribution in [1.29, 1.82) is 0 Å². The highest BCUT2D eigenvalue weighted by Gasteiger charge is 2.19. The summed E-state index contributed by atoms with van der Waals surface area (Å²) in [5.74, 6) is 0. The molecule has 156 valence electrons. The number of nitrogens with one attached hydrogen (secondary N) is 3. The van der Waals surface area contributed by atoms with Crippen molar-refractivity contribution in [2.45, 2.75) is 31.0 Å². The van der Waals surface area contributed by atoms with Gasteiger partial charge in [0, 0.05) is 31.0 Å². The summed E-state index contributed by atoms with van der Waals surface area (Å²) in [7, 11) is -3.66. The minimum atomic E-state index is -3.66. The summed E-state index contributed by atoms with van der Waals surface area (Å²) >= 11 is 5.28. The Labute approximate surface area is 177 Å². The smallest absolute Gasteiger partial charge is 0.277 e. The number of imidazole rings is 1. The zero-order chi connectivity index (χ0) is 21.3. The van der Waals surface area contributed by atoms with Crippen LogP contribution in [-0.4, -0.2) is 38.0 Å². The molecule has 30 heavy (non-hydrogen) atoms. The second-order valence-electron chi connectivity index (χ2n) is 6.87. The molecular formula is C19H20N6O3S2. The van der Waals surface area contributed by atoms with Gasteiger partial charge in [0.15, 0.2) is 10.4 Å². The van der Waals surface area contributed by atoms with Crippen LogP contribution in [0, 0.1) is 4.77 Å². The molecule has 0 amide bonds. The third kappa shape index (κ3) is 3.74. The first-order valence-corrected chi connectivity index (χ1v) is 11.1. The van der Waals surface area contributed by atoms with E-state index in [9.17, 15) is 13.2 Å². The molecule has 1 atom stereocenters. The summed E-state index contributed by atoms with van der Waals surface area (Å²) < 4.78 is 29.1. The first kappa shape index (κ1) is 20.3. The lowest BCUT2D eigenvalue weighted by atomic mass is 10.3. The maximum absolute atomic E-state index is 12.9. The lowest BCUT2D eigenvalue weighted by molar-refractivity contribution is 0.471. The van der Waals surface area contributed by atoms with Gasteiger partial charge in [-0.25, -0.2) is 17.4 Å². The van der Waals surface area contributed by atoms with Gasteiger partial charge in [0.2, 0.25) is 0 Å². The second-order valence-corrected chi connectivity index (χ2v) is 9.07. The molecule has 0 radical (unpaired) electrons. The Morgan fingerprint density at radius 2 is 1.97 bits per heavy atom. The Hall–Kier alpha value is -3.02. The van der Waals surface area contributed by atoms with E-state index >= 15 is 0 Å². The maximum atomic E-state index is 12.9. The normalized spacial score (nSPS) is 13.0. The predicted molar refractivity (Wildman–Crippen MR) is 115 cm³/mol. The molecule has 0 aliphatic heterocycles. The average Bonchev–Trinajstić information content (AvgIpc) is 3.40. The van der Waals surface area contributed by atoms with E-state index in [4.69, 9.17) is 12.2 Å². The average molecular weight is 445 g/mol. The van der Waals surface area contributed by atoms with E-state index in [0.717, 1.165) is 0 Å². The molecule has 3 heterocycles. The molecule has 11 heteroatoms. The van der Waals surface area contributed by atoms with Crippen molar-refractivity contribution in [1.82, 2.24) is 28.8 Å². The summed E-state index contributed by atoms with van der Waals surface area (Å²) in [5, 5.41) is 3.31. The van der Waals surface area contributed by atoms with Gasteiger partial charge in [0.05, 0.1) is 11.2 Å². The van der Waals surface area contributed by atoms with Crippen LogP contribution in [0.15, 0.2) is 64.7 Å². The van der Waals surface area contributed by atoms with Gasteiger partial charge in [-0.05, 0) is 43.4 Å². The standard InChI is InChI=1S/C19H20N6O3S2/c1-13(11-24-17-16(21-12-22-17)18(26)23-19(24)29)20-10-14-6-5-9-25(14)30(27,28)15-7-3-2-4-8-15/h2-9,12-13,20H,10-11H2,1H3,(H,21,22)(H,23,26,29). The van der Waals surface area contributed by atoms with Gasteiger partial charge in [-0.1, -0.05) is 18.2 Å². The Balaban J connectivity index is 1.52. The highest BCUT2D eigenvalue weighted by molar-refractivity contribution is 7.90. The Morgan fingerprint density at radius 1 is 1.20 bits per heavy atom. The molecular weight excluding hydrogens is 424 g/mol. The maximum Gasteiger partial charge on any atom is 0.277 e. The molecule has 4 rings (SSSR count). The van der Waals surface area contributed by atoms with Gasteiger partial charge in [-0.2, -0.15) is 0 Å². The molecule has 0 aliphatic rings. The van der Waals surface area contributed by atoms with E-state index in [1.54, 1.807) is 47.0 Å². The van der Waals surface area contributed by atoms with E-state index in [0.29, 0.717) is 29.9 Å². The second kappa shape index (κ2) is 8.01. The number of nitrogens with zero attached hydrogens (tertiary/aromatic N) is 3. The van der Waals surface area contributed by atoms with Crippen molar-refractivity contribution in [3.63, 3.8) is 0 Å². The SMILES string of the molecule is CC(Cn1c(=S)[nH]c(=O)c2[nH]cnc21)NCc1cccn1S(=O)(=O)c1ccccc1. The van der Waals surface area contributed by atoms with Crippen molar-refractivity contribution in [3.05, 3.63) is 75.8 Å². The van der Waals surface area contributed by atoms with Crippen molar-refractivity contribution < 1.29 is 8.42 Å². The van der Waals surface area contributed by atoms with E-state index in [-0.39, 0.29) is 21.3 Å². The fourth-order valence-electron chi connectivity index (χ4n) is 3.25. The Kier molecular flexibility index (Phi) is 5.41. The van der Waals surface area contributed by atoms with Gasteiger partial charge in [-0.3, -0.25) is 14.3 Å². The molecule has 0 fully saturated rings. The molecule has 0 aliphatic carbocycles. The van der Waals surface area contributed by atoms with Crippen LogP contribution in [0.4, 0.5) is 0 Å². The van der Waals surface area contributed by atoms with Crippen LogP contribution in [0.3, 0.4) is 0 Å². The summed E-state index contributed by atoms with van der Waals surface area (Å²) in [6, 6.07) is 11.7. The lowest BCUT2D eigenvalue weighted by Crippen LogP contribution is -2.32. The van der Waals surface area contributed by atoms with E-state index in [1.807, 2.05) is 6.92 Å². The zero-order valence-corrected chi connectivity index (χ0v) is 17.7. The summed E-state index contributed by atoms with van der Waals surface area (Å²) in [6.07, 6.45) is 2.99. The number of aromatic amines is 2. The van der Waals surface area contributed by atoms with E-state index in [2.05, 4.69) is 20.3 Å². The van der Waals surface area contributed by atoms with Gasteiger partial charge < -0.3 is 10.3 Å². The van der Waals surface area contributed by atoms with Crippen LogP contribution >= 0.6 is 12.2 Å². The highest BCUT2D eigenvalue weighted by Crippen LogP contribution is 2.16. The molecule has 1 unspecified atom stereocenters. The molecule has 0 saturated carbocycles. The quantitative estimate of drug-likeness (QED) is 0.375. The van der Waals surface area contributed by atoms with E-state index in [1.165, 1.54) is 16.5 Å². The predicted octanol–water partition coefficient (Wildman–Crippen LogP) is 2.00. The molecule has 0 spiro atoms. The van der Waals surface area contributed by atoms with Gasteiger partial charge in [0.25, 0.3) is 15.6 Å². The minimum absolute atomic E-state index is 0.0784.